The van der Waals surface area contributed by atoms with Crippen molar-refractivity contribution in [3.8, 4) is 6.07 Å². The van der Waals surface area contributed by atoms with E-state index in [9.17, 15) is 9.90 Å². The number of carbonyl (C=O) groups is 1. The van der Waals surface area contributed by atoms with Crippen molar-refractivity contribution in [3.63, 3.8) is 0 Å². The predicted octanol–water partition coefficient (Wildman–Crippen LogP) is 12.4. The van der Waals surface area contributed by atoms with Crippen molar-refractivity contribution in [3.05, 3.63) is 35.4 Å². The molecule has 0 N–H and O–H groups in total. The van der Waals surface area contributed by atoms with E-state index in [1.807, 2.05) is 6.07 Å². The van der Waals surface area contributed by atoms with Gasteiger partial charge in [0.2, 0.25) is 0 Å². The molecule has 0 unspecified atom stereocenters. The number of rotatable bonds is 29. The van der Waals surface area contributed by atoms with Gasteiger partial charge < -0.3 is 9.90 Å². The summed E-state index contributed by atoms with van der Waals surface area (Å²) in [7, 11) is -0.697. The Morgan fingerprint density at radius 2 is 0.795 bits per heavy atom. The van der Waals surface area contributed by atoms with Crippen LogP contribution in [-0.2, 0) is 0 Å². The summed E-state index contributed by atoms with van der Waals surface area (Å²) < 4.78 is 0. The number of benzene rings is 1. The van der Waals surface area contributed by atoms with Crippen molar-refractivity contribution < 1.29 is 9.90 Å². The van der Waals surface area contributed by atoms with E-state index in [0.29, 0.717) is 5.56 Å². The Bertz CT molecular complexity index is 769. The molecule has 0 aliphatic heterocycles. The van der Waals surface area contributed by atoms with Gasteiger partial charge in [-0.15, -0.1) is 0 Å². The molecule has 0 heterocycles. The van der Waals surface area contributed by atoms with Gasteiger partial charge in [-0.25, -0.2) is 0 Å². The van der Waals surface area contributed by atoms with Crippen LogP contribution in [0.5, 0.6) is 0 Å². The van der Waals surface area contributed by atoms with Gasteiger partial charge in [-0.05, 0) is 69.1 Å². The van der Waals surface area contributed by atoms with Crippen LogP contribution in [0.15, 0.2) is 24.3 Å². The van der Waals surface area contributed by atoms with Gasteiger partial charge >= 0.3 is 0 Å². The maximum Gasteiger partial charge on any atom is 0.0991 e. The lowest BCUT2D eigenvalue weighted by Gasteiger charge is -2.28. The summed E-state index contributed by atoms with van der Waals surface area (Å²) in [6, 6.07) is 7.43. The number of nitrogens with zero attached hydrogens (tertiary/aromatic N) is 1. The SMILES string of the molecule is CCCCCCCCCCCCCC[P+](CCCCCC)(CCCCCC)CCCCCC.N#Cc1ccc(C(=O)[O-])cc1. The van der Waals surface area contributed by atoms with Gasteiger partial charge in [0.15, 0.2) is 0 Å². The van der Waals surface area contributed by atoms with Crippen molar-refractivity contribution in [2.45, 2.75) is 182 Å². The lowest BCUT2D eigenvalue weighted by Crippen LogP contribution is -2.21. The summed E-state index contributed by atoms with van der Waals surface area (Å²) in [6.07, 6.45) is 42.1. The second-order valence-electron chi connectivity index (χ2n) is 13.3. The molecule has 4 heteroatoms. The predicted molar refractivity (Wildman–Crippen MR) is 195 cm³/mol. The molecule has 0 aromatic heterocycles. The largest absolute Gasteiger partial charge is 0.545 e. The Morgan fingerprint density at radius 1 is 0.523 bits per heavy atom. The molecule has 3 nitrogen and oxygen atoms in total. The molecular weight excluding hydrogens is 557 g/mol. The molecule has 0 amide bonds. The van der Waals surface area contributed by atoms with E-state index in [1.165, 1.54) is 153 Å². The minimum Gasteiger partial charge on any atom is -0.545 e. The van der Waals surface area contributed by atoms with Gasteiger partial charge in [0.1, 0.15) is 0 Å². The van der Waals surface area contributed by atoms with Crippen LogP contribution in [-0.4, -0.2) is 30.6 Å². The zero-order chi connectivity index (χ0) is 32.6. The van der Waals surface area contributed by atoms with Gasteiger partial charge in [-0.1, -0.05) is 143 Å². The van der Waals surface area contributed by atoms with Crippen LogP contribution in [0.2, 0.25) is 0 Å². The maximum atomic E-state index is 10.2. The Hall–Kier alpha value is -1.39. The zero-order valence-electron chi connectivity index (χ0n) is 29.8. The van der Waals surface area contributed by atoms with Gasteiger partial charge in [-0.2, -0.15) is 5.26 Å². The third kappa shape index (κ3) is 24.9. The summed E-state index contributed by atoms with van der Waals surface area (Å²) >= 11 is 0. The molecule has 1 rings (SSSR count). The van der Waals surface area contributed by atoms with Crippen molar-refractivity contribution in [2.75, 3.05) is 24.6 Å². The van der Waals surface area contributed by atoms with E-state index in [0.717, 1.165) is 0 Å². The summed E-state index contributed by atoms with van der Waals surface area (Å²) in [5.41, 5.74) is 0.527. The van der Waals surface area contributed by atoms with Crippen LogP contribution < -0.4 is 5.11 Å². The number of hydrogen-bond acceptors (Lipinski definition) is 3. The molecule has 0 aliphatic carbocycles. The van der Waals surface area contributed by atoms with E-state index in [-0.39, 0.29) is 5.56 Å². The molecule has 0 saturated heterocycles. The third-order valence-electron chi connectivity index (χ3n) is 9.19. The molecule has 254 valence electrons. The highest BCUT2D eigenvalue weighted by Gasteiger charge is 2.34. The van der Waals surface area contributed by atoms with Gasteiger partial charge in [0.25, 0.3) is 0 Å². The molecule has 44 heavy (non-hydrogen) atoms. The molecule has 0 spiro atoms. The second-order valence-corrected chi connectivity index (χ2v) is 17.8. The van der Waals surface area contributed by atoms with E-state index >= 15 is 0 Å². The topological polar surface area (TPSA) is 63.9 Å². The molecular formula is C40H72NO2P. The third-order valence-corrected chi connectivity index (χ3v) is 14.3. The van der Waals surface area contributed by atoms with E-state index < -0.39 is 13.2 Å². The number of unbranched alkanes of at least 4 members (excludes halogenated alkanes) is 20. The van der Waals surface area contributed by atoms with Crippen molar-refractivity contribution in [1.29, 1.82) is 5.26 Å². The number of carboxylic acid groups (broad SMARTS) is 1. The first kappa shape index (κ1) is 42.6. The molecule has 0 fully saturated rings. The lowest BCUT2D eigenvalue weighted by atomic mass is 10.1. The van der Waals surface area contributed by atoms with Crippen molar-refractivity contribution in [2.24, 2.45) is 0 Å². The van der Waals surface area contributed by atoms with Crippen LogP contribution in [0.4, 0.5) is 0 Å². The van der Waals surface area contributed by atoms with Crippen LogP contribution in [0.3, 0.4) is 0 Å². The normalized spacial score (nSPS) is 11.2. The second kappa shape index (κ2) is 31.6. The molecule has 0 saturated carbocycles. The van der Waals surface area contributed by atoms with E-state index in [2.05, 4.69) is 27.7 Å². The average Bonchev–Trinajstić information content (AvgIpc) is 3.04. The summed E-state index contributed by atoms with van der Waals surface area (Å²) in [4.78, 5) is 10.2. The smallest absolute Gasteiger partial charge is 0.0991 e. The summed E-state index contributed by atoms with van der Waals surface area (Å²) in [5, 5.41) is 18.6. The molecule has 1 aromatic carbocycles. The number of aromatic carboxylic acids is 1. The number of hydrogen-bond donors (Lipinski definition) is 0. The van der Waals surface area contributed by atoms with Gasteiger partial charge in [0, 0.05) is 7.26 Å². The van der Waals surface area contributed by atoms with Crippen LogP contribution in [0, 0.1) is 11.3 Å². The Morgan fingerprint density at radius 3 is 1.07 bits per heavy atom. The minimum atomic E-state index is -1.23. The monoisotopic (exact) mass is 630 g/mol. The van der Waals surface area contributed by atoms with Crippen LogP contribution >= 0.6 is 7.26 Å². The molecule has 0 atom stereocenters. The minimum absolute atomic E-state index is 0.0870. The number of carboxylic acids is 1. The first-order valence-corrected chi connectivity index (χ1v) is 21.6. The highest BCUT2D eigenvalue weighted by molar-refractivity contribution is 7.75. The fourth-order valence-electron chi connectivity index (χ4n) is 6.26. The quantitative estimate of drug-likeness (QED) is 0.0654. The molecule has 0 bridgehead atoms. The Balaban J connectivity index is 0.00000139. The number of nitriles is 1. The summed E-state index contributed by atoms with van der Waals surface area (Å²) in [5.74, 6) is -1.23. The highest BCUT2D eigenvalue weighted by atomic mass is 31.2. The molecule has 0 aliphatic rings. The fourth-order valence-corrected chi connectivity index (χ4v) is 11.2. The molecule has 0 radical (unpaired) electrons. The molecule has 1 aromatic rings. The zero-order valence-corrected chi connectivity index (χ0v) is 30.7. The highest BCUT2D eigenvalue weighted by Crippen LogP contribution is 2.61. The fraction of sp³-hybridized carbons (Fsp3) is 0.800. The van der Waals surface area contributed by atoms with Crippen LogP contribution in [0.25, 0.3) is 0 Å². The first-order valence-electron chi connectivity index (χ1n) is 19.0. The Kier molecular flexibility index (Phi) is 30.6. The number of carbonyl (C=O) groups excluding carboxylic acids is 1. The standard InChI is InChI=1S/C32H68P.C8H5NO2/c1-5-9-13-17-18-19-20-21-22-23-24-28-32-33(29-25-14-10-6-2,30-26-15-11-7-3)31-27-16-12-8-4;9-5-6-1-3-7(4-2-6)8(10)11/h5-32H2,1-4H3;1-4H,(H,10,11)/q+1;/p-1. The summed E-state index contributed by atoms with van der Waals surface area (Å²) in [6.45, 7) is 9.41. The van der Waals surface area contributed by atoms with Crippen molar-refractivity contribution >= 4 is 13.2 Å². The first-order chi connectivity index (χ1) is 21.5. The maximum absolute atomic E-state index is 10.2. The Labute approximate surface area is 275 Å². The van der Waals surface area contributed by atoms with E-state index in [1.54, 1.807) is 50.3 Å². The van der Waals surface area contributed by atoms with Crippen molar-refractivity contribution in [1.82, 2.24) is 0 Å². The average molecular weight is 630 g/mol. The van der Waals surface area contributed by atoms with Crippen LogP contribution in [0.1, 0.15) is 198 Å². The van der Waals surface area contributed by atoms with Gasteiger partial charge in [0.05, 0.1) is 42.2 Å². The van der Waals surface area contributed by atoms with E-state index in [4.69, 9.17) is 5.26 Å². The lowest BCUT2D eigenvalue weighted by molar-refractivity contribution is -0.255. The van der Waals surface area contributed by atoms with Gasteiger partial charge in [-0.3, -0.25) is 0 Å².